The zero-order valence-corrected chi connectivity index (χ0v) is 15.0. The molecule has 0 aliphatic rings. The van der Waals surface area contributed by atoms with E-state index in [1.54, 1.807) is 41.2 Å². The van der Waals surface area contributed by atoms with E-state index >= 15 is 0 Å². The first-order valence-corrected chi connectivity index (χ1v) is 8.46. The number of hydrogen-bond donors (Lipinski definition) is 3. The van der Waals surface area contributed by atoms with Crippen molar-refractivity contribution in [1.82, 2.24) is 19.6 Å². The Morgan fingerprint density at radius 2 is 1.32 bits per heavy atom. The summed E-state index contributed by atoms with van der Waals surface area (Å²) >= 11 is 0. The Morgan fingerprint density at radius 3 is 1.75 bits per heavy atom. The topological polar surface area (TPSA) is 131 Å². The molecule has 0 spiro atoms. The maximum Gasteiger partial charge on any atom is 0.325 e. The highest BCUT2D eigenvalue weighted by Crippen LogP contribution is 2.15. The second kappa shape index (κ2) is 8.16. The first kappa shape index (κ1) is 18.8. The SMILES string of the molecule is CCn1ccc(C(=O)Nc2ccc(NC(=O)c3ccn(CC(=O)O)n3)cc2)n1. The predicted octanol–water partition coefficient (Wildman–Crippen LogP) is 1.69. The van der Waals surface area contributed by atoms with Gasteiger partial charge < -0.3 is 15.7 Å². The van der Waals surface area contributed by atoms with Crippen LogP contribution in [-0.4, -0.2) is 42.5 Å². The minimum atomic E-state index is -1.05. The Kier molecular flexibility index (Phi) is 5.49. The van der Waals surface area contributed by atoms with E-state index in [-0.39, 0.29) is 18.1 Å². The van der Waals surface area contributed by atoms with Crippen LogP contribution >= 0.6 is 0 Å². The van der Waals surface area contributed by atoms with E-state index in [9.17, 15) is 14.4 Å². The van der Waals surface area contributed by atoms with E-state index in [1.165, 1.54) is 12.3 Å². The lowest BCUT2D eigenvalue weighted by Crippen LogP contribution is -2.15. The van der Waals surface area contributed by atoms with Gasteiger partial charge >= 0.3 is 5.97 Å². The van der Waals surface area contributed by atoms with Gasteiger partial charge in [0, 0.05) is 30.3 Å². The molecule has 3 rings (SSSR count). The van der Waals surface area contributed by atoms with Crippen molar-refractivity contribution in [2.45, 2.75) is 20.0 Å². The molecule has 144 valence electrons. The molecule has 0 radical (unpaired) electrons. The van der Waals surface area contributed by atoms with E-state index in [1.807, 2.05) is 6.92 Å². The van der Waals surface area contributed by atoms with Crippen LogP contribution in [-0.2, 0) is 17.9 Å². The standard InChI is InChI=1S/C18H18N6O4/c1-2-23-9-7-14(21-23)17(27)19-12-3-5-13(6-4-12)20-18(28)15-8-10-24(22-15)11-16(25)26/h3-10H,2,11H2,1H3,(H,19,27)(H,20,28)(H,25,26). The van der Waals surface area contributed by atoms with Gasteiger partial charge in [0.25, 0.3) is 11.8 Å². The van der Waals surface area contributed by atoms with Gasteiger partial charge in [-0.05, 0) is 43.3 Å². The number of carbonyl (C=O) groups excluding carboxylic acids is 2. The predicted molar refractivity (Wildman–Crippen MR) is 100 cm³/mol. The zero-order valence-electron chi connectivity index (χ0n) is 15.0. The maximum absolute atomic E-state index is 12.2. The number of carboxylic acid groups (broad SMARTS) is 1. The Morgan fingerprint density at radius 1 is 0.857 bits per heavy atom. The van der Waals surface area contributed by atoms with Crippen LogP contribution in [0.4, 0.5) is 11.4 Å². The summed E-state index contributed by atoms with van der Waals surface area (Å²) in [5, 5.41) is 22.2. The molecular weight excluding hydrogens is 364 g/mol. The highest BCUT2D eigenvalue weighted by Gasteiger charge is 2.12. The van der Waals surface area contributed by atoms with E-state index in [0.717, 1.165) is 4.68 Å². The molecule has 28 heavy (non-hydrogen) atoms. The van der Waals surface area contributed by atoms with Gasteiger partial charge in [0.05, 0.1) is 0 Å². The molecule has 0 unspecified atom stereocenters. The minimum Gasteiger partial charge on any atom is -0.480 e. The number of benzene rings is 1. The molecule has 0 bridgehead atoms. The molecule has 3 aromatic rings. The van der Waals surface area contributed by atoms with Crippen LogP contribution in [0.15, 0.2) is 48.8 Å². The van der Waals surface area contributed by atoms with Gasteiger partial charge in [0.15, 0.2) is 11.4 Å². The fraction of sp³-hybridized carbons (Fsp3) is 0.167. The third-order valence-corrected chi connectivity index (χ3v) is 3.77. The molecular formula is C18H18N6O4. The minimum absolute atomic E-state index is 0.102. The van der Waals surface area contributed by atoms with Gasteiger partial charge in [-0.15, -0.1) is 0 Å². The Labute approximate surface area is 159 Å². The second-order valence-electron chi connectivity index (χ2n) is 5.83. The molecule has 2 heterocycles. The van der Waals surface area contributed by atoms with Gasteiger partial charge in [0.1, 0.15) is 6.54 Å². The first-order valence-electron chi connectivity index (χ1n) is 8.46. The largest absolute Gasteiger partial charge is 0.480 e. The van der Waals surface area contributed by atoms with Crippen LogP contribution in [0.5, 0.6) is 0 Å². The van der Waals surface area contributed by atoms with Gasteiger partial charge in [-0.1, -0.05) is 0 Å². The summed E-state index contributed by atoms with van der Waals surface area (Å²) in [6, 6.07) is 9.62. The summed E-state index contributed by atoms with van der Waals surface area (Å²) in [4.78, 5) is 35.0. The number of carbonyl (C=O) groups is 3. The fourth-order valence-electron chi connectivity index (χ4n) is 2.40. The number of aliphatic carboxylic acids is 1. The van der Waals surface area contributed by atoms with E-state index in [4.69, 9.17) is 5.11 Å². The number of nitrogens with one attached hydrogen (secondary N) is 2. The normalized spacial score (nSPS) is 10.5. The molecule has 0 saturated heterocycles. The fourth-order valence-corrected chi connectivity index (χ4v) is 2.40. The summed E-state index contributed by atoms with van der Waals surface area (Å²) in [5.41, 5.74) is 1.48. The lowest BCUT2D eigenvalue weighted by molar-refractivity contribution is -0.137. The van der Waals surface area contributed by atoms with Gasteiger partial charge in [-0.2, -0.15) is 10.2 Å². The molecule has 3 N–H and O–H groups in total. The van der Waals surface area contributed by atoms with E-state index < -0.39 is 11.9 Å². The summed E-state index contributed by atoms with van der Waals surface area (Å²) in [5.74, 6) is -1.84. The van der Waals surface area contributed by atoms with Crippen molar-refractivity contribution in [3.8, 4) is 0 Å². The molecule has 0 atom stereocenters. The quantitative estimate of drug-likeness (QED) is 0.570. The Bertz CT molecular complexity index is 1010. The average Bonchev–Trinajstić information content (AvgIpc) is 3.32. The van der Waals surface area contributed by atoms with Gasteiger partial charge in [-0.25, -0.2) is 0 Å². The Hall–Kier alpha value is -3.95. The monoisotopic (exact) mass is 382 g/mol. The van der Waals surface area contributed by atoms with Crippen molar-refractivity contribution >= 4 is 29.2 Å². The van der Waals surface area contributed by atoms with Crippen molar-refractivity contribution in [2.75, 3.05) is 10.6 Å². The number of aromatic nitrogens is 4. The molecule has 10 nitrogen and oxygen atoms in total. The zero-order chi connectivity index (χ0) is 20.1. The van der Waals surface area contributed by atoms with Crippen LogP contribution < -0.4 is 10.6 Å². The van der Waals surface area contributed by atoms with Crippen LogP contribution in [0.1, 0.15) is 27.9 Å². The van der Waals surface area contributed by atoms with E-state index in [0.29, 0.717) is 23.6 Å². The summed E-state index contributed by atoms with van der Waals surface area (Å²) in [6.07, 6.45) is 3.15. The number of amides is 2. The van der Waals surface area contributed by atoms with Crippen LogP contribution in [0, 0.1) is 0 Å². The van der Waals surface area contributed by atoms with Crippen molar-refractivity contribution in [2.24, 2.45) is 0 Å². The van der Waals surface area contributed by atoms with Crippen LogP contribution in [0.3, 0.4) is 0 Å². The molecule has 0 saturated carbocycles. The maximum atomic E-state index is 12.2. The summed E-state index contributed by atoms with van der Waals surface area (Å²) in [7, 11) is 0. The lowest BCUT2D eigenvalue weighted by atomic mass is 10.2. The third-order valence-electron chi connectivity index (χ3n) is 3.77. The highest BCUT2D eigenvalue weighted by atomic mass is 16.4. The van der Waals surface area contributed by atoms with Gasteiger partial charge in [0.2, 0.25) is 0 Å². The number of carboxylic acids is 1. The smallest absolute Gasteiger partial charge is 0.325 e. The average molecular weight is 382 g/mol. The Balaban J connectivity index is 1.59. The molecule has 1 aromatic carbocycles. The van der Waals surface area contributed by atoms with Gasteiger partial charge in [-0.3, -0.25) is 23.7 Å². The van der Waals surface area contributed by atoms with Crippen molar-refractivity contribution in [3.05, 3.63) is 60.2 Å². The number of nitrogens with zero attached hydrogens (tertiary/aromatic N) is 4. The van der Waals surface area contributed by atoms with Crippen LogP contribution in [0.2, 0.25) is 0 Å². The second-order valence-corrected chi connectivity index (χ2v) is 5.83. The highest BCUT2D eigenvalue weighted by molar-refractivity contribution is 6.04. The number of hydrogen-bond acceptors (Lipinski definition) is 5. The number of aryl methyl sites for hydroxylation is 1. The van der Waals surface area contributed by atoms with Crippen molar-refractivity contribution in [1.29, 1.82) is 0 Å². The lowest BCUT2D eigenvalue weighted by Gasteiger charge is -2.06. The molecule has 2 aromatic heterocycles. The third kappa shape index (κ3) is 4.61. The van der Waals surface area contributed by atoms with Crippen LogP contribution in [0.25, 0.3) is 0 Å². The number of rotatable bonds is 7. The molecule has 0 aliphatic heterocycles. The first-order chi connectivity index (χ1) is 13.4. The summed E-state index contributed by atoms with van der Waals surface area (Å²) in [6.45, 7) is 2.28. The molecule has 0 aliphatic carbocycles. The van der Waals surface area contributed by atoms with Crippen molar-refractivity contribution < 1.29 is 19.5 Å². The van der Waals surface area contributed by atoms with E-state index in [2.05, 4.69) is 20.8 Å². The van der Waals surface area contributed by atoms with Crippen molar-refractivity contribution in [3.63, 3.8) is 0 Å². The summed E-state index contributed by atoms with van der Waals surface area (Å²) < 4.78 is 2.82. The number of anilines is 2. The molecule has 10 heteroatoms. The molecule has 2 amide bonds. The molecule has 0 fully saturated rings.